The molecule has 1 nitrogen and oxygen atoms in total. The van der Waals surface area contributed by atoms with E-state index in [0.29, 0.717) is 5.92 Å². The number of unbranched alkanes of at least 4 members (excludes halogenated alkanes) is 9. The topological polar surface area (TPSA) is 20.2 Å². The molecule has 1 heteroatoms. The van der Waals surface area contributed by atoms with E-state index in [4.69, 9.17) is 0 Å². The van der Waals surface area contributed by atoms with Crippen molar-refractivity contribution in [2.45, 2.75) is 116 Å². The largest absolute Gasteiger partial charge is 0.390 e. The van der Waals surface area contributed by atoms with E-state index in [1.807, 2.05) is 0 Å². The molecule has 0 aliphatic carbocycles. The molecule has 0 heterocycles. The van der Waals surface area contributed by atoms with E-state index in [1.54, 1.807) is 0 Å². The summed E-state index contributed by atoms with van der Waals surface area (Å²) in [5.74, 6) is 0.383. The number of rotatable bonds is 16. The van der Waals surface area contributed by atoms with Crippen LogP contribution in [-0.2, 0) is 6.42 Å². The summed E-state index contributed by atoms with van der Waals surface area (Å²) in [6, 6.07) is 10.7. The Morgan fingerprint density at radius 1 is 0.731 bits per heavy atom. The lowest BCUT2D eigenvalue weighted by molar-refractivity contribution is -0.0300. The predicted molar refractivity (Wildman–Crippen MR) is 116 cm³/mol. The third kappa shape index (κ3) is 9.21. The fourth-order valence-corrected chi connectivity index (χ4v) is 4.16. The minimum absolute atomic E-state index is 0.383. The molecule has 0 aromatic heterocycles. The Hall–Kier alpha value is -0.820. The highest BCUT2D eigenvalue weighted by Crippen LogP contribution is 2.32. The van der Waals surface area contributed by atoms with Gasteiger partial charge < -0.3 is 5.11 Å². The van der Waals surface area contributed by atoms with Gasteiger partial charge in [0.1, 0.15) is 0 Å². The van der Waals surface area contributed by atoms with Gasteiger partial charge in [0.2, 0.25) is 0 Å². The van der Waals surface area contributed by atoms with Gasteiger partial charge >= 0.3 is 0 Å². The summed E-state index contributed by atoms with van der Waals surface area (Å²) < 4.78 is 0. The van der Waals surface area contributed by atoms with Gasteiger partial charge in [0, 0.05) is 0 Å². The van der Waals surface area contributed by atoms with Gasteiger partial charge in [-0.25, -0.2) is 0 Å². The zero-order valence-electron chi connectivity index (χ0n) is 17.8. The maximum atomic E-state index is 11.1. The monoisotopic (exact) mass is 360 g/mol. The lowest BCUT2D eigenvalue weighted by Gasteiger charge is -2.35. The third-order valence-corrected chi connectivity index (χ3v) is 6.22. The van der Waals surface area contributed by atoms with Crippen molar-refractivity contribution in [1.82, 2.24) is 0 Å². The van der Waals surface area contributed by atoms with Crippen LogP contribution in [-0.4, -0.2) is 10.7 Å². The minimum Gasteiger partial charge on any atom is -0.390 e. The molecule has 1 N–H and O–H groups in total. The van der Waals surface area contributed by atoms with E-state index in [0.717, 1.165) is 25.7 Å². The van der Waals surface area contributed by atoms with Gasteiger partial charge in [-0.15, -0.1) is 0 Å². The second-order valence-electron chi connectivity index (χ2n) is 8.17. The molecule has 0 amide bonds. The number of hydrogen-bond donors (Lipinski definition) is 1. The van der Waals surface area contributed by atoms with Gasteiger partial charge in [0.05, 0.1) is 5.60 Å². The zero-order chi connectivity index (χ0) is 19.1. The second-order valence-corrected chi connectivity index (χ2v) is 8.17. The van der Waals surface area contributed by atoms with Gasteiger partial charge in [-0.3, -0.25) is 0 Å². The smallest absolute Gasteiger partial charge is 0.0673 e. The maximum absolute atomic E-state index is 11.1. The van der Waals surface area contributed by atoms with Crippen molar-refractivity contribution in [3.63, 3.8) is 0 Å². The van der Waals surface area contributed by atoms with Crippen molar-refractivity contribution in [2.75, 3.05) is 0 Å². The average Bonchev–Trinajstić information content (AvgIpc) is 2.68. The van der Waals surface area contributed by atoms with Crippen LogP contribution in [0.15, 0.2) is 30.3 Å². The zero-order valence-corrected chi connectivity index (χ0v) is 17.8. The van der Waals surface area contributed by atoms with Crippen molar-refractivity contribution >= 4 is 0 Å². The standard InChI is InChI=1S/C25H44O/c1-4-7-8-9-10-11-12-13-14-18-21-24(25(26,5-2)6-3)22-23-19-16-15-17-20-23/h15-17,19-20,24,26H,4-14,18,21-22H2,1-3H3. The molecule has 0 saturated heterocycles. The summed E-state index contributed by atoms with van der Waals surface area (Å²) >= 11 is 0. The third-order valence-electron chi connectivity index (χ3n) is 6.22. The molecule has 0 fully saturated rings. The molecule has 0 bridgehead atoms. The van der Waals surface area contributed by atoms with Crippen LogP contribution in [0.25, 0.3) is 0 Å². The van der Waals surface area contributed by atoms with Crippen LogP contribution in [0.2, 0.25) is 0 Å². The highest BCUT2D eigenvalue weighted by molar-refractivity contribution is 5.16. The Bertz CT molecular complexity index is 421. The molecule has 150 valence electrons. The van der Waals surface area contributed by atoms with Crippen molar-refractivity contribution in [2.24, 2.45) is 5.92 Å². The normalized spacial score (nSPS) is 13.1. The molecular formula is C25H44O. The quantitative estimate of drug-likeness (QED) is 0.299. The van der Waals surface area contributed by atoms with Crippen molar-refractivity contribution < 1.29 is 5.11 Å². The van der Waals surface area contributed by atoms with Gasteiger partial charge in [-0.05, 0) is 37.2 Å². The number of benzene rings is 1. The molecule has 0 spiro atoms. The van der Waals surface area contributed by atoms with Crippen LogP contribution in [0, 0.1) is 5.92 Å². The molecule has 1 unspecified atom stereocenters. The highest BCUT2D eigenvalue weighted by Gasteiger charge is 2.32. The van der Waals surface area contributed by atoms with E-state index >= 15 is 0 Å². The Morgan fingerprint density at radius 2 is 1.23 bits per heavy atom. The number of hydrogen-bond acceptors (Lipinski definition) is 1. The summed E-state index contributed by atoms with van der Waals surface area (Å²) in [5.41, 5.74) is 0.861. The van der Waals surface area contributed by atoms with E-state index in [-0.39, 0.29) is 0 Å². The first-order chi connectivity index (χ1) is 12.7. The summed E-state index contributed by atoms with van der Waals surface area (Å²) in [6.07, 6.45) is 17.6. The molecule has 0 radical (unpaired) electrons. The van der Waals surface area contributed by atoms with Crippen molar-refractivity contribution in [3.05, 3.63) is 35.9 Å². The number of aliphatic hydroxyl groups is 1. The van der Waals surface area contributed by atoms with Crippen molar-refractivity contribution in [3.8, 4) is 0 Å². The lowest BCUT2D eigenvalue weighted by atomic mass is 9.76. The van der Waals surface area contributed by atoms with Crippen LogP contribution < -0.4 is 0 Å². The molecule has 0 aliphatic heterocycles. The van der Waals surface area contributed by atoms with E-state index in [1.165, 1.54) is 69.8 Å². The van der Waals surface area contributed by atoms with E-state index < -0.39 is 5.60 Å². The van der Waals surface area contributed by atoms with E-state index in [9.17, 15) is 5.11 Å². The molecule has 1 aromatic rings. The fraction of sp³-hybridized carbons (Fsp3) is 0.760. The first-order valence-corrected chi connectivity index (χ1v) is 11.4. The Kier molecular flexibility index (Phi) is 12.7. The second kappa shape index (κ2) is 14.3. The summed E-state index contributed by atoms with van der Waals surface area (Å²) in [7, 11) is 0. The summed E-state index contributed by atoms with van der Waals surface area (Å²) in [5, 5.41) is 11.1. The molecule has 0 saturated carbocycles. The summed E-state index contributed by atoms with van der Waals surface area (Å²) in [4.78, 5) is 0. The maximum Gasteiger partial charge on any atom is 0.0673 e. The molecular weight excluding hydrogens is 316 g/mol. The van der Waals surface area contributed by atoms with Crippen LogP contribution >= 0.6 is 0 Å². The van der Waals surface area contributed by atoms with Gasteiger partial charge in [0.25, 0.3) is 0 Å². The molecule has 26 heavy (non-hydrogen) atoms. The van der Waals surface area contributed by atoms with Gasteiger partial charge in [-0.2, -0.15) is 0 Å². The van der Waals surface area contributed by atoms with Crippen LogP contribution in [0.1, 0.15) is 110 Å². The SMILES string of the molecule is CCCCCCCCCCCCC(Cc1ccccc1)C(O)(CC)CC. The first-order valence-electron chi connectivity index (χ1n) is 11.4. The summed E-state index contributed by atoms with van der Waals surface area (Å²) in [6.45, 7) is 6.56. The predicted octanol–water partition coefficient (Wildman–Crippen LogP) is 7.71. The molecule has 1 aromatic carbocycles. The Balaban J connectivity index is 2.31. The van der Waals surface area contributed by atoms with Crippen molar-refractivity contribution in [1.29, 1.82) is 0 Å². The lowest BCUT2D eigenvalue weighted by Crippen LogP contribution is -2.38. The molecule has 1 atom stereocenters. The van der Waals surface area contributed by atoms with Gasteiger partial charge in [0.15, 0.2) is 0 Å². The van der Waals surface area contributed by atoms with Crippen LogP contribution in [0.5, 0.6) is 0 Å². The van der Waals surface area contributed by atoms with Crippen LogP contribution in [0.3, 0.4) is 0 Å². The average molecular weight is 361 g/mol. The fourth-order valence-electron chi connectivity index (χ4n) is 4.16. The highest BCUT2D eigenvalue weighted by atomic mass is 16.3. The molecule has 0 aliphatic rings. The minimum atomic E-state index is -0.505. The van der Waals surface area contributed by atoms with Crippen LogP contribution in [0.4, 0.5) is 0 Å². The Labute approximate surface area is 163 Å². The first kappa shape index (κ1) is 23.2. The Morgan fingerprint density at radius 3 is 1.73 bits per heavy atom. The van der Waals surface area contributed by atoms with E-state index in [2.05, 4.69) is 51.1 Å². The molecule has 1 rings (SSSR count). The van der Waals surface area contributed by atoms with Gasteiger partial charge in [-0.1, -0.05) is 115 Å².